The number of nitrogens with zero attached hydrogens (tertiary/aromatic N) is 1. The summed E-state index contributed by atoms with van der Waals surface area (Å²) >= 11 is 0. The zero-order valence-electron chi connectivity index (χ0n) is 23.8. The number of para-hydroxylation sites is 1. The zero-order valence-corrected chi connectivity index (χ0v) is 24.6. The number of carbonyl (C=O) groups excluding carboxylic acids is 1. The van der Waals surface area contributed by atoms with Crippen molar-refractivity contribution in [2.24, 2.45) is 5.92 Å². The van der Waals surface area contributed by atoms with Crippen LogP contribution < -0.4 is 19.1 Å². The third-order valence-corrected chi connectivity index (χ3v) is 8.54. The quantitative estimate of drug-likeness (QED) is 0.206. The van der Waals surface area contributed by atoms with Gasteiger partial charge in [0.1, 0.15) is 11.5 Å². The molecule has 0 spiro atoms. The normalized spacial score (nSPS) is 12.0. The van der Waals surface area contributed by atoms with Crippen LogP contribution in [0.2, 0.25) is 0 Å². The van der Waals surface area contributed by atoms with E-state index in [-0.39, 0.29) is 29.0 Å². The van der Waals surface area contributed by atoms with E-state index in [4.69, 9.17) is 9.47 Å². The Kier molecular flexibility index (Phi) is 9.68. The Labute approximate surface area is 242 Å². The van der Waals surface area contributed by atoms with Gasteiger partial charge >= 0.3 is 0 Å². The van der Waals surface area contributed by atoms with Crippen LogP contribution in [0.5, 0.6) is 11.5 Å². The number of nitrogens with one attached hydrogen (secondary N) is 1. The van der Waals surface area contributed by atoms with Crippen molar-refractivity contribution in [3.8, 4) is 11.5 Å². The topological polar surface area (TPSA) is 84.9 Å². The van der Waals surface area contributed by atoms with Crippen molar-refractivity contribution in [1.82, 2.24) is 5.32 Å². The maximum absolute atomic E-state index is 14.1. The average molecular weight is 573 g/mol. The lowest BCUT2D eigenvalue weighted by molar-refractivity contribution is 0.0932. The predicted molar refractivity (Wildman–Crippen MR) is 162 cm³/mol. The molecule has 214 valence electrons. The Hall–Kier alpha value is -4.30. The first-order chi connectivity index (χ1) is 19.7. The van der Waals surface area contributed by atoms with Gasteiger partial charge in [-0.1, -0.05) is 68.4 Å². The zero-order chi connectivity index (χ0) is 29.4. The second kappa shape index (κ2) is 13.4. The molecule has 41 heavy (non-hydrogen) atoms. The van der Waals surface area contributed by atoms with Crippen molar-refractivity contribution in [1.29, 1.82) is 0 Å². The Morgan fingerprint density at radius 2 is 1.34 bits per heavy atom. The van der Waals surface area contributed by atoms with Gasteiger partial charge in [-0.2, -0.15) is 0 Å². The maximum Gasteiger partial charge on any atom is 0.264 e. The average Bonchev–Trinajstić information content (AvgIpc) is 3.00. The molecule has 0 fully saturated rings. The van der Waals surface area contributed by atoms with Crippen molar-refractivity contribution in [2.45, 2.75) is 37.8 Å². The summed E-state index contributed by atoms with van der Waals surface area (Å²) in [5.41, 5.74) is 2.29. The SMILES string of the molecule is COc1ccc([C@@H](CC(C)C)NC(=O)c2ccccc2N(Cc2ccccc2)S(=O)(=O)c2ccc(OC)cc2)cc1. The molecule has 0 radical (unpaired) electrons. The number of methoxy groups -OCH3 is 2. The van der Waals surface area contributed by atoms with Crippen molar-refractivity contribution in [2.75, 3.05) is 18.5 Å². The molecule has 8 heteroatoms. The first-order valence-electron chi connectivity index (χ1n) is 13.5. The van der Waals surface area contributed by atoms with Crippen LogP contribution in [0, 0.1) is 5.92 Å². The standard InChI is InChI=1S/C33H36N2O5S/c1-24(2)22-31(26-14-16-27(39-3)17-15-26)34-33(36)30-12-8-9-13-32(30)35(23-25-10-6-5-7-11-25)41(37,38)29-20-18-28(40-4)19-21-29/h5-21,24,31H,22-23H2,1-4H3,(H,34,36)/t31-/m1/s1. The highest BCUT2D eigenvalue weighted by Gasteiger charge is 2.29. The van der Waals surface area contributed by atoms with Crippen LogP contribution in [0.3, 0.4) is 0 Å². The molecule has 4 aromatic carbocycles. The Morgan fingerprint density at radius 3 is 1.93 bits per heavy atom. The number of benzene rings is 4. The van der Waals surface area contributed by atoms with Crippen molar-refractivity contribution in [3.63, 3.8) is 0 Å². The van der Waals surface area contributed by atoms with E-state index in [2.05, 4.69) is 19.2 Å². The number of carbonyl (C=O) groups is 1. The lowest BCUT2D eigenvalue weighted by Gasteiger charge is -2.28. The van der Waals surface area contributed by atoms with E-state index in [0.29, 0.717) is 23.8 Å². The van der Waals surface area contributed by atoms with Crippen molar-refractivity contribution >= 4 is 21.6 Å². The smallest absolute Gasteiger partial charge is 0.264 e. The number of ether oxygens (including phenoxy) is 2. The lowest BCUT2D eigenvalue weighted by Crippen LogP contribution is -2.35. The van der Waals surface area contributed by atoms with E-state index in [0.717, 1.165) is 16.9 Å². The second-order valence-corrected chi connectivity index (χ2v) is 12.0. The third-order valence-electron chi connectivity index (χ3n) is 6.76. The van der Waals surface area contributed by atoms with E-state index >= 15 is 0 Å². The number of sulfonamides is 1. The molecule has 4 rings (SSSR count). The Morgan fingerprint density at radius 1 is 0.780 bits per heavy atom. The molecule has 7 nitrogen and oxygen atoms in total. The summed E-state index contributed by atoms with van der Waals surface area (Å²) < 4.78 is 40.0. The van der Waals surface area contributed by atoms with Gasteiger partial charge in [-0.15, -0.1) is 0 Å². The molecule has 1 atom stereocenters. The van der Waals surface area contributed by atoms with Gasteiger partial charge in [0.15, 0.2) is 0 Å². The minimum absolute atomic E-state index is 0.0490. The van der Waals surface area contributed by atoms with Gasteiger partial charge in [-0.25, -0.2) is 8.42 Å². The number of hydrogen-bond acceptors (Lipinski definition) is 5. The maximum atomic E-state index is 14.1. The molecular weight excluding hydrogens is 536 g/mol. The monoisotopic (exact) mass is 572 g/mol. The van der Waals surface area contributed by atoms with E-state index in [1.54, 1.807) is 43.5 Å². The molecule has 0 aliphatic carbocycles. The first-order valence-corrected chi connectivity index (χ1v) is 14.9. The molecule has 0 unspecified atom stereocenters. The fraction of sp³-hybridized carbons (Fsp3) is 0.242. The number of rotatable bonds is 12. The molecule has 0 aromatic heterocycles. The van der Waals surface area contributed by atoms with Crippen LogP contribution in [-0.4, -0.2) is 28.5 Å². The molecule has 0 aliphatic rings. The molecule has 0 saturated carbocycles. The van der Waals surface area contributed by atoms with Gasteiger partial charge in [0, 0.05) is 0 Å². The molecule has 0 bridgehead atoms. The second-order valence-electron chi connectivity index (χ2n) is 10.1. The summed E-state index contributed by atoms with van der Waals surface area (Å²) in [6.45, 7) is 4.24. The summed E-state index contributed by atoms with van der Waals surface area (Å²) in [4.78, 5) is 14.0. The van der Waals surface area contributed by atoms with Gasteiger partial charge in [0.2, 0.25) is 0 Å². The van der Waals surface area contributed by atoms with Gasteiger partial charge in [-0.05, 0) is 72.0 Å². The first kappa shape index (κ1) is 29.7. The fourth-order valence-corrected chi connectivity index (χ4v) is 6.10. The molecule has 1 amide bonds. The largest absolute Gasteiger partial charge is 0.497 e. The number of anilines is 1. The van der Waals surface area contributed by atoms with Gasteiger partial charge < -0.3 is 14.8 Å². The Bertz CT molecular complexity index is 1540. The van der Waals surface area contributed by atoms with E-state index in [1.165, 1.54) is 23.5 Å². The van der Waals surface area contributed by atoms with Crippen LogP contribution in [0.4, 0.5) is 5.69 Å². The molecular formula is C33H36N2O5S. The summed E-state index contributed by atoms with van der Waals surface area (Å²) in [7, 11) is -0.919. The van der Waals surface area contributed by atoms with Crippen molar-refractivity contribution in [3.05, 3.63) is 120 Å². The number of hydrogen-bond donors (Lipinski definition) is 1. The van der Waals surface area contributed by atoms with Gasteiger partial charge in [0.05, 0.1) is 43.0 Å². The fourth-order valence-electron chi connectivity index (χ4n) is 4.63. The lowest BCUT2D eigenvalue weighted by atomic mass is 9.96. The summed E-state index contributed by atoms with van der Waals surface area (Å²) in [6, 6.07) is 29.7. The predicted octanol–water partition coefficient (Wildman–Crippen LogP) is 6.62. The summed E-state index contributed by atoms with van der Waals surface area (Å²) in [5, 5.41) is 3.17. The van der Waals surface area contributed by atoms with Gasteiger partial charge in [0.25, 0.3) is 15.9 Å². The van der Waals surface area contributed by atoms with Crippen molar-refractivity contribution < 1.29 is 22.7 Å². The highest BCUT2D eigenvalue weighted by Crippen LogP contribution is 2.31. The van der Waals surface area contributed by atoms with Crippen LogP contribution in [0.15, 0.2) is 108 Å². The number of amides is 1. The third kappa shape index (κ3) is 7.27. The van der Waals surface area contributed by atoms with Crippen LogP contribution in [0.1, 0.15) is 47.8 Å². The van der Waals surface area contributed by atoms with E-state index < -0.39 is 10.0 Å². The minimum Gasteiger partial charge on any atom is -0.497 e. The van der Waals surface area contributed by atoms with Crippen LogP contribution in [0.25, 0.3) is 0 Å². The van der Waals surface area contributed by atoms with E-state index in [9.17, 15) is 13.2 Å². The Balaban J connectivity index is 1.75. The summed E-state index contributed by atoms with van der Waals surface area (Å²) in [6.07, 6.45) is 0.706. The molecule has 1 N–H and O–H groups in total. The van der Waals surface area contributed by atoms with Gasteiger partial charge in [-0.3, -0.25) is 9.10 Å². The highest BCUT2D eigenvalue weighted by atomic mass is 32.2. The highest BCUT2D eigenvalue weighted by molar-refractivity contribution is 7.92. The molecule has 0 heterocycles. The molecule has 4 aromatic rings. The minimum atomic E-state index is -4.06. The van der Waals surface area contributed by atoms with E-state index in [1.807, 2.05) is 54.6 Å². The van der Waals surface area contributed by atoms with Crippen LogP contribution >= 0.6 is 0 Å². The molecule has 0 aliphatic heterocycles. The summed E-state index contributed by atoms with van der Waals surface area (Å²) in [5.74, 6) is 1.23. The molecule has 0 saturated heterocycles. The van der Waals surface area contributed by atoms with Crippen LogP contribution in [-0.2, 0) is 16.6 Å².